The van der Waals surface area contributed by atoms with Crippen LogP contribution in [-0.4, -0.2) is 17.4 Å². The van der Waals surface area contributed by atoms with Gasteiger partial charge in [0.2, 0.25) is 0 Å². The monoisotopic (exact) mass is 257 g/mol. The van der Waals surface area contributed by atoms with Gasteiger partial charge in [-0.25, -0.2) is 4.98 Å². The van der Waals surface area contributed by atoms with E-state index in [0.717, 1.165) is 0 Å². The molecular formula is C15H19N3O. The lowest BCUT2D eigenvalue weighted by Gasteiger charge is -2.40. The topological polar surface area (TPSA) is 65.8 Å². The number of hydrogen-bond acceptors (Lipinski definition) is 3. The minimum atomic E-state index is -0.121. The van der Waals surface area contributed by atoms with Crippen molar-refractivity contribution < 1.29 is 4.79 Å². The molecule has 0 radical (unpaired) electrons. The summed E-state index contributed by atoms with van der Waals surface area (Å²) in [4.78, 5) is 15.9. The molecule has 1 aliphatic rings. The summed E-state index contributed by atoms with van der Waals surface area (Å²) in [6.07, 6.45) is 5.29. The van der Waals surface area contributed by atoms with E-state index >= 15 is 0 Å². The van der Waals surface area contributed by atoms with Crippen LogP contribution in [-0.2, 0) is 0 Å². The molecule has 0 aliphatic heterocycles. The van der Waals surface area contributed by atoms with Crippen molar-refractivity contribution >= 4 is 5.91 Å². The zero-order valence-corrected chi connectivity index (χ0v) is 11.4. The van der Waals surface area contributed by atoms with E-state index in [1.165, 1.54) is 25.5 Å². The number of pyridine rings is 1. The summed E-state index contributed by atoms with van der Waals surface area (Å²) in [6.45, 7) is 5.08. The largest absolute Gasteiger partial charge is 0.351 e. The summed E-state index contributed by atoms with van der Waals surface area (Å²) in [6, 6.07) is 5.13. The van der Waals surface area contributed by atoms with E-state index in [9.17, 15) is 4.79 Å². The van der Waals surface area contributed by atoms with E-state index < -0.39 is 0 Å². The summed E-state index contributed by atoms with van der Waals surface area (Å²) < 4.78 is 0. The SMILES string of the molecule is CC(C)(CNC(=O)c1ccc(C#N)nc1)C1CCC1. The lowest BCUT2D eigenvalue weighted by atomic mass is 9.67. The summed E-state index contributed by atoms with van der Waals surface area (Å²) >= 11 is 0. The molecule has 19 heavy (non-hydrogen) atoms. The molecule has 100 valence electrons. The minimum absolute atomic E-state index is 0.121. The Morgan fingerprint density at radius 1 is 1.53 bits per heavy atom. The maximum atomic E-state index is 12.0. The number of nitrogens with one attached hydrogen (secondary N) is 1. The van der Waals surface area contributed by atoms with Crippen molar-refractivity contribution in [3.8, 4) is 6.07 Å². The third-order valence-corrected chi connectivity index (χ3v) is 4.06. The lowest BCUT2D eigenvalue weighted by Crippen LogP contribution is -2.41. The first-order chi connectivity index (χ1) is 9.03. The van der Waals surface area contributed by atoms with Gasteiger partial charge >= 0.3 is 0 Å². The van der Waals surface area contributed by atoms with Gasteiger partial charge in [-0.1, -0.05) is 20.3 Å². The van der Waals surface area contributed by atoms with E-state index in [1.807, 2.05) is 6.07 Å². The van der Waals surface area contributed by atoms with Crippen molar-refractivity contribution in [3.63, 3.8) is 0 Å². The highest BCUT2D eigenvalue weighted by molar-refractivity contribution is 5.93. The highest BCUT2D eigenvalue weighted by atomic mass is 16.1. The van der Waals surface area contributed by atoms with Crippen molar-refractivity contribution in [1.82, 2.24) is 10.3 Å². The van der Waals surface area contributed by atoms with Crippen LogP contribution in [0.4, 0.5) is 0 Å². The molecular weight excluding hydrogens is 238 g/mol. The Morgan fingerprint density at radius 2 is 2.26 bits per heavy atom. The van der Waals surface area contributed by atoms with Crippen molar-refractivity contribution in [2.45, 2.75) is 33.1 Å². The molecule has 4 nitrogen and oxygen atoms in total. The van der Waals surface area contributed by atoms with Gasteiger partial charge in [0.05, 0.1) is 5.56 Å². The second kappa shape index (κ2) is 5.40. The predicted octanol–water partition coefficient (Wildman–Crippen LogP) is 2.51. The number of amides is 1. The van der Waals surface area contributed by atoms with Crippen LogP contribution in [0.25, 0.3) is 0 Å². The third-order valence-electron chi connectivity index (χ3n) is 4.06. The van der Waals surface area contributed by atoms with Gasteiger partial charge in [0, 0.05) is 12.7 Å². The molecule has 0 saturated heterocycles. The van der Waals surface area contributed by atoms with Crippen LogP contribution in [0.2, 0.25) is 0 Å². The summed E-state index contributed by atoms with van der Waals surface area (Å²) in [5.41, 5.74) is 0.975. The maximum absolute atomic E-state index is 12.0. The second-order valence-corrected chi connectivity index (χ2v) is 5.84. The fraction of sp³-hybridized carbons (Fsp3) is 0.533. The second-order valence-electron chi connectivity index (χ2n) is 5.84. The van der Waals surface area contributed by atoms with Crippen molar-refractivity contribution in [2.75, 3.05) is 6.54 Å². The van der Waals surface area contributed by atoms with Crippen molar-refractivity contribution in [1.29, 1.82) is 5.26 Å². The van der Waals surface area contributed by atoms with Gasteiger partial charge in [-0.05, 0) is 36.3 Å². The summed E-state index contributed by atoms with van der Waals surface area (Å²) in [5.74, 6) is 0.594. The van der Waals surface area contributed by atoms with Crippen LogP contribution in [0.1, 0.15) is 49.2 Å². The molecule has 4 heteroatoms. The van der Waals surface area contributed by atoms with Gasteiger partial charge in [0.1, 0.15) is 11.8 Å². The molecule has 1 fully saturated rings. The first kappa shape index (κ1) is 13.5. The fourth-order valence-electron chi connectivity index (χ4n) is 2.34. The Hall–Kier alpha value is -1.89. The van der Waals surface area contributed by atoms with E-state index in [4.69, 9.17) is 5.26 Å². The first-order valence-corrected chi connectivity index (χ1v) is 6.67. The van der Waals surface area contributed by atoms with Crippen LogP contribution in [0.3, 0.4) is 0 Å². The quantitative estimate of drug-likeness (QED) is 0.901. The van der Waals surface area contributed by atoms with E-state index in [2.05, 4.69) is 24.1 Å². The normalized spacial score (nSPS) is 15.4. The fourth-order valence-corrected chi connectivity index (χ4v) is 2.34. The molecule has 1 aromatic rings. The molecule has 1 saturated carbocycles. The highest BCUT2D eigenvalue weighted by Crippen LogP contribution is 2.41. The number of aromatic nitrogens is 1. The molecule has 2 rings (SSSR count). The van der Waals surface area contributed by atoms with Crippen LogP contribution in [0.5, 0.6) is 0 Å². The van der Waals surface area contributed by atoms with Gasteiger partial charge in [-0.3, -0.25) is 4.79 Å². The highest BCUT2D eigenvalue weighted by Gasteiger charge is 2.33. The number of nitriles is 1. The van der Waals surface area contributed by atoms with Crippen LogP contribution in [0.15, 0.2) is 18.3 Å². The molecule has 1 aromatic heterocycles. The predicted molar refractivity (Wildman–Crippen MR) is 72.4 cm³/mol. The standard InChI is InChI=1S/C15H19N3O/c1-15(2,12-4-3-5-12)10-18-14(19)11-6-7-13(8-16)17-9-11/h6-7,9,12H,3-5,10H2,1-2H3,(H,18,19). The van der Waals surface area contributed by atoms with Crippen molar-refractivity contribution in [2.24, 2.45) is 11.3 Å². The van der Waals surface area contributed by atoms with Gasteiger partial charge in [-0.2, -0.15) is 5.26 Å². The van der Waals surface area contributed by atoms with Gasteiger partial charge in [0.15, 0.2) is 0 Å². The average Bonchev–Trinajstić information content (AvgIpc) is 2.33. The van der Waals surface area contributed by atoms with Gasteiger partial charge in [0.25, 0.3) is 5.91 Å². The van der Waals surface area contributed by atoms with Crippen LogP contribution >= 0.6 is 0 Å². The van der Waals surface area contributed by atoms with E-state index in [0.29, 0.717) is 23.7 Å². The third kappa shape index (κ3) is 3.11. The molecule has 1 aliphatic carbocycles. The zero-order chi connectivity index (χ0) is 13.9. The number of hydrogen-bond donors (Lipinski definition) is 1. The van der Waals surface area contributed by atoms with Crippen molar-refractivity contribution in [3.05, 3.63) is 29.6 Å². The molecule has 0 bridgehead atoms. The smallest absolute Gasteiger partial charge is 0.252 e. The van der Waals surface area contributed by atoms with Gasteiger partial charge < -0.3 is 5.32 Å². The summed E-state index contributed by atoms with van der Waals surface area (Å²) in [7, 11) is 0. The van der Waals surface area contributed by atoms with Gasteiger partial charge in [-0.15, -0.1) is 0 Å². The first-order valence-electron chi connectivity index (χ1n) is 6.67. The van der Waals surface area contributed by atoms with E-state index in [1.54, 1.807) is 12.1 Å². The maximum Gasteiger partial charge on any atom is 0.252 e. The number of carbonyl (C=O) groups is 1. The Balaban J connectivity index is 1.91. The molecule has 0 spiro atoms. The molecule has 0 atom stereocenters. The number of nitrogens with zero attached hydrogens (tertiary/aromatic N) is 2. The Bertz CT molecular complexity index is 495. The zero-order valence-electron chi connectivity index (χ0n) is 11.4. The number of rotatable bonds is 4. The Labute approximate surface area is 113 Å². The number of carbonyl (C=O) groups excluding carboxylic acids is 1. The molecule has 0 unspecified atom stereocenters. The van der Waals surface area contributed by atoms with Crippen LogP contribution < -0.4 is 5.32 Å². The van der Waals surface area contributed by atoms with E-state index in [-0.39, 0.29) is 11.3 Å². The Morgan fingerprint density at radius 3 is 2.74 bits per heavy atom. The minimum Gasteiger partial charge on any atom is -0.351 e. The molecule has 1 N–H and O–H groups in total. The molecule has 1 amide bonds. The molecule has 0 aromatic carbocycles. The molecule has 1 heterocycles. The Kier molecular flexibility index (Phi) is 3.84. The average molecular weight is 257 g/mol. The lowest BCUT2D eigenvalue weighted by molar-refractivity contribution is 0.0858. The summed E-state index contributed by atoms with van der Waals surface area (Å²) in [5, 5.41) is 11.6. The van der Waals surface area contributed by atoms with Crippen LogP contribution in [0, 0.1) is 22.7 Å².